The molecule has 0 fully saturated rings. The SMILES string of the molecule is CCNC(=O)[C@@H](CC)N(CCc1ccccc1)C(=O)CN(c1ccccc1Cl)S(=O)(=O)c1ccc(C)cc1. The molecule has 0 aliphatic rings. The van der Waals surface area contributed by atoms with Crippen LogP contribution in [-0.2, 0) is 26.0 Å². The van der Waals surface area contributed by atoms with Crippen molar-refractivity contribution in [1.82, 2.24) is 10.2 Å². The second kappa shape index (κ2) is 13.4. The molecule has 1 atom stereocenters. The maximum absolute atomic E-state index is 13.9. The van der Waals surface area contributed by atoms with Crippen molar-refractivity contribution in [3.63, 3.8) is 0 Å². The van der Waals surface area contributed by atoms with Gasteiger partial charge in [-0.1, -0.05) is 78.7 Å². The summed E-state index contributed by atoms with van der Waals surface area (Å²) in [7, 11) is -4.15. The third-order valence-corrected chi connectivity index (χ3v) is 8.32. The van der Waals surface area contributed by atoms with Gasteiger partial charge < -0.3 is 10.2 Å². The number of aryl methyl sites for hydroxylation is 1. The average molecular weight is 556 g/mol. The molecule has 0 bridgehead atoms. The van der Waals surface area contributed by atoms with Gasteiger partial charge in [0.15, 0.2) is 0 Å². The average Bonchev–Trinajstić information content (AvgIpc) is 2.91. The topological polar surface area (TPSA) is 86.8 Å². The fourth-order valence-corrected chi connectivity index (χ4v) is 5.91. The van der Waals surface area contributed by atoms with Crippen LogP contribution < -0.4 is 9.62 Å². The van der Waals surface area contributed by atoms with E-state index < -0.39 is 28.5 Å². The van der Waals surface area contributed by atoms with Crippen LogP contribution in [-0.4, -0.2) is 50.8 Å². The first-order valence-electron chi connectivity index (χ1n) is 12.6. The summed E-state index contributed by atoms with van der Waals surface area (Å²) in [4.78, 5) is 28.4. The van der Waals surface area contributed by atoms with E-state index in [1.54, 1.807) is 36.4 Å². The lowest BCUT2D eigenvalue weighted by Crippen LogP contribution is -2.53. The lowest BCUT2D eigenvalue weighted by Gasteiger charge is -2.33. The zero-order valence-corrected chi connectivity index (χ0v) is 23.5. The van der Waals surface area contributed by atoms with Crippen molar-refractivity contribution in [1.29, 1.82) is 0 Å². The van der Waals surface area contributed by atoms with Gasteiger partial charge in [0.1, 0.15) is 12.6 Å². The number of para-hydroxylation sites is 1. The van der Waals surface area contributed by atoms with Crippen molar-refractivity contribution >= 4 is 39.1 Å². The van der Waals surface area contributed by atoms with E-state index in [0.29, 0.717) is 19.4 Å². The van der Waals surface area contributed by atoms with Crippen LogP contribution in [0.2, 0.25) is 5.02 Å². The minimum atomic E-state index is -4.15. The summed E-state index contributed by atoms with van der Waals surface area (Å²) in [5.41, 5.74) is 2.10. The van der Waals surface area contributed by atoms with Crippen LogP contribution in [0, 0.1) is 6.92 Å². The Balaban J connectivity index is 2.01. The number of hydrogen-bond acceptors (Lipinski definition) is 4. The number of sulfonamides is 1. The molecular formula is C29H34ClN3O4S. The molecule has 0 heterocycles. The normalized spacial score (nSPS) is 12.0. The van der Waals surface area contributed by atoms with Crippen molar-refractivity contribution < 1.29 is 18.0 Å². The van der Waals surface area contributed by atoms with Crippen LogP contribution in [0.4, 0.5) is 5.69 Å². The van der Waals surface area contributed by atoms with Gasteiger partial charge in [-0.2, -0.15) is 0 Å². The molecule has 9 heteroatoms. The number of benzene rings is 3. The predicted octanol–water partition coefficient (Wildman–Crippen LogP) is 4.83. The maximum atomic E-state index is 13.9. The number of carbonyl (C=O) groups excluding carboxylic acids is 2. The van der Waals surface area contributed by atoms with Gasteiger partial charge in [-0.3, -0.25) is 13.9 Å². The van der Waals surface area contributed by atoms with Gasteiger partial charge in [0.25, 0.3) is 10.0 Å². The number of nitrogens with zero attached hydrogens (tertiary/aromatic N) is 2. The Hall–Kier alpha value is -3.36. The first kappa shape index (κ1) is 29.2. The largest absolute Gasteiger partial charge is 0.355 e. The highest BCUT2D eigenvalue weighted by atomic mass is 35.5. The van der Waals surface area contributed by atoms with Gasteiger partial charge in [-0.15, -0.1) is 0 Å². The molecule has 0 unspecified atom stereocenters. The fraction of sp³-hybridized carbons (Fsp3) is 0.310. The molecule has 0 aromatic heterocycles. The van der Waals surface area contributed by atoms with Gasteiger partial charge >= 0.3 is 0 Å². The number of halogens is 1. The molecule has 0 radical (unpaired) electrons. The Morgan fingerprint density at radius 1 is 0.921 bits per heavy atom. The molecule has 3 aromatic carbocycles. The quantitative estimate of drug-likeness (QED) is 0.347. The molecule has 7 nitrogen and oxygen atoms in total. The number of hydrogen-bond donors (Lipinski definition) is 1. The summed E-state index contributed by atoms with van der Waals surface area (Å²) in [6, 6.07) is 21.8. The monoisotopic (exact) mass is 555 g/mol. The van der Waals surface area contributed by atoms with Crippen LogP contribution in [0.3, 0.4) is 0 Å². The second-order valence-electron chi connectivity index (χ2n) is 8.92. The molecule has 2 amide bonds. The minimum Gasteiger partial charge on any atom is -0.355 e. The molecule has 0 saturated heterocycles. The van der Waals surface area contributed by atoms with E-state index in [0.717, 1.165) is 15.4 Å². The summed E-state index contributed by atoms with van der Waals surface area (Å²) >= 11 is 6.43. The number of likely N-dealkylation sites (N-methyl/N-ethyl adjacent to an activating group) is 1. The van der Waals surface area contributed by atoms with E-state index in [2.05, 4.69) is 5.32 Å². The lowest BCUT2D eigenvalue weighted by molar-refractivity contribution is -0.139. The summed E-state index contributed by atoms with van der Waals surface area (Å²) in [6.45, 7) is 5.67. The highest BCUT2D eigenvalue weighted by Gasteiger charge is 2.34. The Bertz CT molecular complexity index is 1330. The molecule has 0 aliphatic heterocycles. The molecule has 3 aromatic rings. The van der Waals surface area contributed by atoms with Crippen molar-refractivity contribution in [2.45, 2.75) is 44.6 Å². The molecular weight excluding hydrogens is 522 g/mol. The Kier molecular flexibility index (Phi) is 10.3. The number of nitrogens with one attached hydrogen (secondary N) is 1. The van der Waals surface area contributed by atoms with Crippen molar-refractivity contribution in [3.05, 3.63) is 95.0 Å². The summed E-state index contributed by atoms with van der Waals surface area (Å²) in [5, 5.41) is 3.00. The highest BCUT2D eigenvalue weighted by Crippen LogP contribution is 2.30. The number of amides is 2. The van der Waals surface area contributed by atoms with E-state index in [4.69, 9.17) is 11.6 Å². The third-order valence-electron chi connectivity index (χ3n) is 6.23. The fourth-order valence-electron chi connectivity index (χ4n) is 4.19. The van der Waals surface area contributed by atoms with Gasteiger partial charge in [0, 0.05) is 13.1 Å². The molecule has 202 valence electrons. The van der Waals surface area contributed by atoms with E-state index >= 15 is 0 Å². The third kappa shape index (κ3) is 7.14. The van der Waals surface area contributed by atoms with E-state index in [-0.39, 0.29) is 28.1 Å². The van der Waals surface area contributed by atoms with E-state index in [9.17, 15) is 18.0 Å². The summed E-state index contributed by atoms with van der Waals surface area (Å²) in [5.74, 6) is -0.767. The van der Waals surface area contributed by atoms with Gasteiger partial charge in [-0.25, -0.2) is 8.42 Å². The highest BCUT2D eigenvalue weighted by molar-refractivity contribution is 7.92. The first-order chi connectivity index (χ1) is 18.2. The Morgan fingerprint density at radius 2 is 1.55 bits per heavy atom. The predicted molar refractivity (Wildman–Crippen MR) is 152 cm³/mol. The molecule has 0 spiro atoms. The van der Waals surface area contributed by atoms with Gasteiger partial charge in [0.05, 0.1) is 15.6 Å². The van der Waals surface area contributed by atoms with Gasteiger partial charge in [-0.05, 0) is 56.5 Å². The Morgan fingerprint density at radius 3 is 2.16 bits per heavy atom. The van der Waals surface area contributed by atoms with E-state index in [1.807, 2.05) is 51.1 Å². The van der Waals surface area contributed by atoms with Crippen molar-refractivity contribution in [2.75, 3.05) is 23.9 Å². The molecule has 1 N–H and O–H groups in total. The van der Waals surface area contributed by atoms with Crippen LogP contribution in [0.1, 0.15) is 31.4 Å². The van der Waals surface area contributed by atoms with Crippen LogP contribution in [0.25, 0.3) is 0 Å². The molecule has 0 aliphatic carbocycles. The number of anilines is 1. The number of rotatable bonds is 12. The zero-order valence-electron chi connectivity index (χ0n) is 21.9. The molecule has 0 saturated carbocycles. The van der Waals surface area contributed by atoms with Crippen LogP contribution >= 0.6 is 11.6 Å². The van der Waals surface area contributed by atoms with Crippen LogP contribution in [0.5, 0.6) is 0 Å². The summed E-state index contributed by atoms with van der Waals surface area (Å²) < 4.78 is 28.7. The standard InChI is InChI=1S/C29H34ClN3O4S/c1-4-26(29(35)31-5-2)32(20-19-23-11-7-6-8-12-23)28(34)21-33(27-14-10-9-13-25(27)30)38(36,37)24-17-15-22(3)16-18-24/h6-18,26H,4-5,19-21H2,1-3H3,(H,31,35)/t26-/m1/s1. The number of carbonyl (C=O) groups is 2. The zero-order chi connectivity index (χ0) is 27.7. The van der Waals surface area contributed by atoms with Gasteiger partial charge in [0.2, 0.25) is 11.8 Å². The van der Waals surface area contributed by atoms with Crippen LogP contribution in [0.15, 0.2) is 83.8 Å². The van der Waals surface area contributed by atoms with Crippen molar-refractivity contribution in [2.24, 2.45) is 0 Å². The molecule has 3 rings (SSSR count). The summed E-state index contributed by atoms with van der Waals surface area (Å²) in [6.07, 6.45) is 0.891. The minimum absolute atomic E-state index is 0.0439. The Labute approximate surface area is 230 Å². The first-order valence-corrected chi connectivity index (χ1v) is 14.5. The van der Waals surface area contributed by atoms with E-state index in [1.165, 1.54) is 17.0 Å². The smallest absolute Gasteiger partial charge is 0.264 e. The molecule has 38 heavy (non-hydrogen) atoms. The second-order valence-corrected chi connectivity index (χ2v) is 11.2. The van der Waals surface area contributed by atoms with Crippen molar-refractivity contribution in [3.8, 4) is 0 Å². The lowest BCUT2D eigenvalue weighted by atomic mass is 10.1. The maximum Gasteiger partial charge on any atom is 0.264 e.